The summed E-state index contributed by atoms with van der Waals surface area (Å²) >= 11 is 0. The highest BCUT2D eigenvalue weighted by Gasteiger charge is 2.17. The number of hydrogen-bond acceptors (Lipinski definition) is 4. The molecule has 0 aromatic rings. The molecule has 0 aromatic heterocycles. The molecule has 1 heterocycles. The maximum atomic E-state index is 11.3. The van der Waals surface area contributed by atoms with Crippen LogP contribution in [-0.4, -0.2) is 47.5 Å². The fraction of sp³-hybridized carbons (Fsp3) is 1.00. The van der Waals surface area contributed by atoms with Crippen molar-refractivity contribution in [2.24, 2.45) is 5.92 Å². The molecule has 1 aliphatic heterocycles. The van der Waals surface area contributed by atoms with E-state index in [-0.39, 0.29) is 24.8 Å². The summed E-state index contributed by atoms with van der Waals surface area (Å²) in [6.07, 6.45) is 1.05. The average Bonchev–Trinajstić information content (AvgIpc) is 2.64. The Hall–Kier alpha value is 0.120. The minimum absolute atomic E-state index is 0. The molecule has 15 heavy (non-hydrogen) atoms. The molecule has 1 fully saturated rings. The molecule has 0 aromatic carbocycles. The molecule has 1 atom stereocenters. The van der Waals surface area contributed by atoms with Crippen molar-refractivity contribution in [2.45, 2.75) is 6.42 Å². The Balaban J connectivity index is 0.00000196. The second-order valence-electron chi connectivity index (χ2n) is 3.52. The minimum Gasteiger partial charge on any atom is -0.384 e. The molecule has 2 N–H and O–H groups in total. The van der Waals surface area contributed by atoms with E-state index in [1.54, 1.807) is 0 Å². The van der Waals surface area contributed by atoms with E-state index in [0.717, 1.165) is 19.5 Å². The Morgan fingerprint density at radius 1 is 1.53 bits per heavy atom. The van der Waals surface area contributed by atoms with Crippen molar-refractivity contribution in [3.8, 4) is 0 Å². The van der Waals surface area contributed by atoms with Gasteiger partial charge in [0.05, 0.1) is 12.4 Å². The first-order chi connectivity index (χ1) is 6.64. The van der Waals surface area contributed by atoms with Gasteiger partial charge >= 0.3 is 0 Å². The van der Waals surface area contributed by atoms with Crippen molar-refractivity contribution in [1.82, 2.24) is 10.0 Å². The molecule has 0 aliphatic carbocycles. The van der Waals surface area contributed by atoms with Crippen LogP contribution in [0.4, 0.5) is 0 Å². The van der Waals surface area contributed by atoms with Crippen LogP contribution in [-0.2, 0) is 14.8 Å². The third kappa shape index (κ3) is 6.32. The van der Waals surface area contributed by atoms with Gasteiger partial charge in [0.15, 0.2) is 0 Å². The molecule has 0 saturated carbocycles. The molecule has 1 aliphatic rings. The Labute approximate surface area is 97.4 Å². The molecule has 92 valence electrons. The maximum Gasteiger partial charge on any atom is 0.213 e. The molecular formula is C8H19ClN2O3S. The van der Waals surface area contributed by atoms with Gasteiger partial charge in [-0.2, -0.15) is 0 Å². The van der Waals surface area contributed by atoms with Gasteiger partial charge in [-0.1, -0.05) is 0 Å². The van der Waals surface area contributed by atoms with Gasteiger partial charge in [-0.05, 0) is 25.4 Å². The van der Waals surface area contributed by atoms with Crippen molar-refractivity contribution >= 4 is 22.4 Å². The number of hydrogen-bond donors (Lipinski definition) is 2. The molecule has 0 radical (unpaired) electrons. The molecule has 1 saturated heterocycles. The summed E-state index contributed by atoms with van der Waals surface area (Å²) in [6.45, 7) is 2.69. The predicted octanol–water partition coefficient (Wildman–Crippen LogP) is -0.416. The summed E-state index contributed by atoms with van der Waals surface area (Å²) in [7, 11) is -1.64. The van der Waals surface area contributed by atoms with Crippen LogP contribution in [0, 0.1) is 5.92 Å². The van der Waals surface area contributed by atoms with E-state index in [1.165, 1.54) is 7.11 Å². The highest BCUT2D eigenvalue weighted by Crippen LogP contribution is 2.05. The van der Waals surface area contributed by atoms with Gasteiger partial charge in [0.1, 0.15) is 0 Å². The Morgan fingerprint density at radius 2 is 2.27 bits per heavy atom. The highest BCUT2D eigenvalue weighted by atomic mass is 35.5. The van der Waals surface area contributed by atoms with Gasteiger partial charge in [0.25, 0.3) is 0 Å². The van der Waals surface area contributed by atoms with Crippen LogP contribution in [0.3, 0.4) is 0 Å². The zero-order valence-electron chi connectivity index (χ0n) is 8.86. The fourth-order valence-electron chi connectivity index (χ4n) is 1.40. The fourth-order valence-corrected chi connectivity index (χ4v) is 2.42. The van der Waals surface area contributed by atoms with Gasteiger partial charge in [0, 0.05) is 13.7 Å². The van der Waals surface area contributed by atoms with Crippen LogP contribution < -0.4 is 10.0 Å². The average molecular weight is 259 g/mol. The zero-order valence-corrected chi connectivity index (χ0v) is 10.5. The summed E-state index contributed by atoms with van der Waals surface area (Å²) < 4.78 is 30.0. The predicted molar refractivity (Wildman–Crippen MR) is 61.9 cm³/mol. The molecule has 1 unspecified atom stereocenters. The first kappa shape index (κ1) is 15.1. The lowest BCUT2D eigenvalue weighted by Crippen LogP contribution is -2.33. The highest BCUT2D eigenvalue weighted by molar-refractivity contribution is 7.89. The largest absolute Gasteiger partial charge is 0.384 e. The summed E-state index contributed by atoms with van der Waals surface area (Å²) in [4.78, 5) is 0. The third-order valence-corrected chi connectivity index (χ3v) is 3.62. The summed E-state index contributed by atoms with van der Waals surface area (Å²) in [5, 5.41) is 3.19. The summed E-state index contributed by atoms with van der Waals surface area (Å²) in [6, 6.07) is 0. The maximum absolute atomic E-state index is 11.3. The van der Waals surface area contributed by atoms with Crippen LogP contribution in [0.2, 0.25) is 0 Å². The van der Waals surface area contributed by atoms with Crippen LogP contribution in [0.5, 0.6) is 0 Å². The van der Waals surface area contributed by atoms with Crippen molar-refractivity contribution in [1.29, 1.82) is 0 Å². The van der Waals surface area contributed by atoms with Crippen LogP contribution >= 0.6 is 12.4 Å². The van der Waals surface area contributed by atoms with Gasteiger partial charge in [0.2, 0.25) is 10.0 Å². The van der Waals surface area contributed by atoms with Gasteiger partial charge < -0.3 is 10.1 Å². The van der Waals surface area contributed by atoms with Crippen LogP contribution in [0.1, 0.15) is 6.42 Å². The molecular weight excluding hydrogens is 240 g/mol. The Morgan fingerprint density at radius 3 is 2.80 bits per heavy atom. The van der Waals surface area contributed by atoms with Gasteiger partial charge in [-0.3, -0.25) is 0 Å². The quantitative estimate of drug-likeness (QED) is 0.679. The van der Waals surface area contributed by atoms with Gasteiger partial charge in [-0.25, -0.2) is 13.1 Å². The van der Waals surface area contributed by atoms with Crippen LogP contribution in [0.15, 0.2) is 0 Å². The van der Waals surface area contributed by atoms with E-state index in [2.05, 4.69) is 10.0 Å². The third-order valence-electron chi connectivity index (χ3n) is 2.31. The van der Waals surface area contributed by atoms with Gasteiger partial charge in [-0.15, -0.1) is 12.4 Å². The molecule has 0 amide bonds. The van der Waals surface area contributed by atoms with E-state index in [4.69, 9.17) is 4.74 Å². The zero-order chi connectivity index (χ0) is 10.4. The second-order valence-corrected chi connectivity index (χ2v) is 5.45. The number of halogens is 1. The molecule has 0 spiro atoms. The van der Waals surface area contributed by atoms with Crippen LogP contribution in [0.25, 0.3) is 0 Å². The minimum atomic E-state index is -3.13. The topological polar surface area (TPSA) is 67.4 Å². The second kappa shape index (κ2) is 7.40. The van der Waals surface area contributed by atoms with E-state index >= 15 is 0 Å². The number of rotatable bonds is 6. The first-order valence-electron chi connectivity index (χ1n) is 4.81. The lowest BCUT2D eigenvalue weighted by molar-refractivity contribution is 0.217. The monoisotopic (exact) mass is 258 g/mol. The van der Waals surface area contributed by atoms with E-state index < -0.39 is 10.0 Å². The van der Waals surface area contributed by atoms with E-state index in [0.29, 0.717) is 12.5 Å². The first-order valence-corrected chi connectivity index (χ1v) is 6.46. The summed E-state index contributed by atoms with van der Waals surface area (Å²) in [5.74, 6) is 0.483. The smallest absolute Gasteiger partial charge is 0.213 e. The lowest BCUT2D eigenvalue weighted by atomic mass is 10.1. The summed E-state index contributed by atoms with van der Waals surface area (Å²) in [5.41, 5.74) is 0. The SMILES string of the molecule is COCCS(=O)(=O)NCC1CCNC1.Cl. The Bertz CT molecular complexity index is 253. The van der Waals surface area contributed by atoms with E-state index in [1.807, 2.05) is 0 Å². The standard InChI is InChI=1S/C8H18N2O3S.ClH/c1-13-4-5-14(11,12)10-7-8-2-3-9-6-8;/h8-10H,2-7H2,1H3;1H. The molecule has 0 bridgehead atoms. The van der Waals surface area contributed by atoms with E-state index in [9.17, 15) is 8.42 Å². The molecule has 1 rings (SSSR count). The number of nitrogens with one attached hydrogen (secondary N) is 2. The number of sulfonamides is 1. The number of methoxy groups -OCH3 is 1. The Kier molecular flexibility index (Phi) is 7.46. The lowest BCUT2D eigenvalue weighted by Gasteiger charge is -2.10. The number of ether oxygens (including phenoxy) is 1. The van der Waals surface area contributed by atoms with Crippen molar-refractivity contribution in [3.05, 3.63) is 0 Å². The normalized spacial score (nSPS) is 21.3. The molecule has 7 heteroatoms. The van der Waals surface area contributed by atoms with Crippen molar-refractivity contribution in [3.63, 3.8) is 0 Å². The molecule has 5 nitrogen and oxygen atoms in total. The van der Waals surface area contributed by atoms with Crippen molar-refractivity contribution < 1.29 is 13.2 Å². The van der Waals surface area contributed by atoms with Crippen molar-refractivity contribution in [2.75, 3.05) is 39.1 Å².